The van der Waals surface area contributed by atoms with Crippen molar-refractivity contribution >= 4 is 39.5 Å². The van der Waals surface area contributed by atoms with E-state index in [1.807, 2.05) is 24.3 Å². The van der Waals surface area contributed by atoms with Crippen molar-refractivity contribution in [1.82, 2.24) is 15.6 Å². The van der Waals surface area contributed by atoms with Crippen LogP contribution in [0.1, 0.15) is 43.5 Å². The predicted molar refractivity (Wildman–Crippen MR) is 102 cm³/mol. The van der Waals surface area contributed by atoms with E-state index >= 15 is 0 Å². The lowest BCUT2D eigenvalue weighted by Crippen LogP contribution is -2.44. The summed E-state index contributed by atoms with van der Waals surface area (Å²) in [5, 5.41) is 5.36. The van der Waals surface area contributed by atoms with Crippen LogP contribution < -0.4 is 10.6 Å². The first-order valence-electron chi connectivity index (χ1n) is 9.08. The highest BCUT2D eigenvalue weighted by atomic mass is 32.1. The molecule has 0 saturated heterocycles. The van der Waals surface area contributed by atoms with Gasteiger partial charge in [0.1, 0.15) is 0 Å². The van der Waals surface area contributed by atoms with Crippen molar-refractivity contribution < 1.29 is 19.1 Å². The Morgan fingerprint density at radius 2 is 1.96 bits per heavy atom. The van der Waals surface area contributed by atoms with Crippen LogP contribution in [-0.4, -0.2) is 36.0 Å². The average Bonchev–Trinajstić information content (AvgIpc) is 3.11. The second kappa shape index (κ2) is 8.47. The number of thiazole rings is 1. The number of nitrogens with zero attached hydrogens (tertiary/aromatic N) is 1. The number of imide groups is 1. The summed E-state index contributed by atoms with van der Waals surface area (Å²) in [4.78, 5) is 40.6. The van der Waals surface area contributed by atoms with E-state index < -0.39 is 24.0 Å². The number of amides is 3. The van der Waals surface area contributed by atoms with Crippen molar-refractivity contribution in [1.29, 1.82) is 0 Å². The van der Waals surface area contributed by atoms with Crippen molar-refractivity contribution in [2.24, 2.45) is 5.92 Å². The summed E-state index contributed by atoms with van der Waals surface area (Å²) in [6, 6.07) is 7.29. The van der Waals surface area contributed by atoms with E-state index in [4.69, 9.17) is 9.72 Å². The monoisotopic (exact) mass is 389 g/mol. The van der Waals surface area contributed by atoms with Gasteiger partial charge in [-0.2, -0.15) is 0 Å². The molecule has 27 heavy (non-hydrogen) atoms. The molecular formula is C19H23N3O4S. The van der Waals surface area contributed by atoms with Crippen molar-refractivity contribution in [3.05, 3.63) is 29.3 Å². The number of carbonyl (C=O) groups is 3. The number of hydrogen-bond donors (Lipinski definition) is 2. The van der Waals surface area contributed by atoms with Gasteiger partial charge < -0.3 is 10.1 Å². The molecule has 1 heterocycles. The molecule has 1 aromatic carbocycles. The number of urea groups is 1. The Hall–Kier alpha value is -2.48. The number of fused-ring (bicyclic) bond motifs is 1. The second-order valence-corrected chi connectivity index (χ2v) is 7.73. The summed E-state index contributed by atoms with van der Waals surface area (Å²) in [5.41, 5.74) is 0.938. The minimum Gasteiger partial charge on any atom is -0.452 e. The summed E-state index contributed by atoms with van der Waals surface area (Å²) in [5.74, 6) is -1.37. The highest BCUT2D eigenvalue weighted by Gasteiger charge is 2.36. The van der Waals surface area contributed by atoms with Gasteiger partial charge in [-0.3, -0.25) is 14.9 Å². The Morgan fingerprint density at radius 3 is 2.70 bits per heavy atom. The Balaban J connectivity index is 1.71. The number of nitrogens with one attached hydrogen (secondary N) is 2. The van der Waals surface area contributed by atoms with Crippen LogP contribution in [0.4, 0.5) is 4.79 Å². The van der Waals surface area contributed by atoms with Crippen molar-refractivity contribution in [3.63, 3.8) is 0 Å². The molecule has 1 saturated carbocycles. The lowest BCUT2D eigenvalue weighted by atomic mass is 9.79. The van der Waals surface area contributed by atoms with E-state index in [-0.39, 0.29) is 11.8 Å². The van der Waals surface area contributed by atoms with Crippen LogP contribution in [0.3, 0.4) is 0 Å². The molecule has 0 radical (unpaired) electrons. The van der Waals surface area contributed by atoms with Gasteiger partial charge in [-0.25, -0.2) is 9.78 Å². The van der Waals surface area contributed by atoms with Gasteiger partial charge in [-0.1, -0.05) is 25.0 Å². The van der Waals surface area contributed by atoms with Gasteiger partial charge in [0.15, 0.2) is 6.10 Å². The summed E-state index contributed by atoms with van der Waals surface area (Å²) < 4.78 is 6.47. The number of carbonyl (C=O) groups excluding carboxylic acids is 3. The van der Waals surface area contributed by atoms with E-state index in [0.29, 0.717) is 6.42 Å². The summed E-state index contributed by atoms with van der Waals surface area (Å²) >= 11 is 1.61. The first-order valence-corrected chi connectivity index (χ1v) is 9.89. The molecule has 0 aliphatic heterocycles. The van der Waals surface area contributed by atoms with Crippen LogP contribution in [0.25, 0.3) is 10.2 Å². The van der Waals surface area contributed by atoms with Gasteiger partial charge in [0.25, 0.3) is 5.91 Å². The molecule has 1 aromatic heterocycles. The maximum Gasteiger partial charge on any atom is 0.321 e. The van der Waals surface area contributed by atoms with Gasteiger partial charge in [-0.15, -0.1) is 11.3 Å². The lowest BCUT2D eigenvalue weighted by Gasteiger charge is -2.29. The Kier molecular flexibility index (Phi) is 6.05. The van der Waals surface area contributed by atoms with Gasteiger partial charge >= 0.3 is 12.0 Å². The molecule has 2 aromatic rings. The Morgan fingerprint density at radius 1 is 1.22 bits per heavy atom. The maximum absolute atomic E-state index is 12.7. The average molecular weight is 389 g/mol. The number of benzene rings is 1. The van der Waals surface area contributed by atoms with Crippen LogP contribution >= 0.6 is 11.3 Å². The normalized spacial score (nSPS) is 20.7. The number of ether oxygens (including phenoxy) is 1. The van der Waals surface area contributed by atoms with Crippen LogP contribution in [0, 0.1) is 5.92 Å². The first-order chi connectivity index (χ1) is 13.0. The van der Waals surface area contributed by atoms with Crippen LogP contribution in [-0.2, 0) is 14.3 Å². The molecule has 144 valence electrons. The molecule has 2 N–H and O–H groups in total. The standard InChI is InChI=1S/C19H23N3O4S/c1-11(16(23)22-19(25)20-2)26-18(24)13-8-4-3-7-12(13)17-21-14-9-5-6-10-15(14)27-17/h5-6,9-13H,3-4,7-8H2,1-2H3,(H2,20,22,23,25)/t11-,12+,13-/m1/s1. The SMILES string of the molecule is CNC(=O)NC(=O)[C@@H](C)OC(=O)[C@@H]1CCCC[C@@H]1c1nc2ccccc2s1. The Bertz CT molecular complexity index is 817. The van der Waals surface area contributed by atoms with Gasteiger partial charge in [-0.05, 0) is 31.9 Å². The van der Waals surface area contributed by atoms with Crippen LogP contribution in [0.2, 0.25) is 0 Å². The molecule has 1 fully saturated rings. The molecule has 1 aliphatic carbocycles. The molecule has 3 atom stereocenters. The number of aromatic nitrogens is 1. The molecule has 3 rings (SSSR count). The van der Waals surface area contributed by atoms with Gasteiger partial charge in [0, 0.05) is 13.0 Å². The van der Waals surface area contributed by atoms with E-state index in [2.05, 4.69) is 10.6 Å². The minimum absolute atomic E-state index is 0.00199. The molecule has 7 nitrogen and oxygen atoms in total. The Labute approximate surface area is 161 Å². The smallest absolute Gasteiger partial charge is 0.321 e. The van der Waals surface area contributed by atoms with Crippen molar-refractivity contribution in [2.75, 3.05) is 7.05 Å². The third-order valence-corrected chi connectivity index (χ3v) is 5.99. The zero-order valence-electron chi connectivity index (χ0n) is 15.4. The minimum atomic E-state index is -1.03. The maximum atomic E-state index is 12.7. The molecule has 3 amide bonds. The largest absolute Gasteiger partial charge is 0.452 e. The predicted octanol–water partition coefficient (Wildman–Crippen LogP) is 2.96. The van der Waals surface area contributed by atoms with Crippen molar-refractivity contribution in [2.45, 2.75) is 44.6 Å². The summed E-state index contributed by atoms with van der Waals surface area (Å²) in [6.45, 7) is 1.46. The van der Waals surface area contributed by atoms with Crippen molar-refractivity contribution in [3.8, 4) is 0 Å². The zero-order valence-corrected chi connectivity index (χ0v) is 16.2. The molecule has 0 bridgehead atoms. The fourth-order valence-electron chi connectivity index (χ4n) is 3.35. The molecule has 1 aliphatic rings. The third kappa shape index (κ3) is 4.44. The number of hydrogen-bond acceptors (Lipinski definition) is 6. The van der Waals surface area contributed by atoms with E-state index in [0.717, 1.165) is 34.5 Å². The van der Waals surface area contributed by atoms with E-state index in [1.165, 1.54) is 14.0 Å². The molecule has 0 spiro atoms. The number of esters is 1. The molecular weight excluding hydrogens is 366 g/mol. The summed E-state index contributed by atoms with van der Waals surface area (Å²) in [7, 11) is 1.41. The second-order valence-electron chi connectivity index (χ2n) is 6.66. The topological polar surface area (TPSA) is 97.4 Å². The molecule has 8 heteroatoms. The van der Waals surface area contributed by atoms with Gasteiger partial charge in [0.05, 0.1) is 21.1 Å². The quantitative estimate of drug-likeness (QED) is 0.784. The number of para-hydroxylation sites is 1. The first kappa shape index (κ1) is 19.3. The summed E-state index contributed by atoms with van der Waals surface area (Å²) in [6.07, 6.45) is 2.53. The van der Waals surface area contributed by atoms with Crippen LogP contribution in [0.5, 0.6) is 0 Å². The fourth-order valence-corrected chi connectivity index (χ4v) is 4.52. The number of rotatable bonds is 4. The van der Waals surface area contributed by atoms with E-state index in [1.54, 1.807) is 11.3 Å². The van der Waals surface area contributed by atoms with E-state index in [9.17, 15) is 14.4 Å². The third-order valence-electron chi connectivity index (χ3n) is 4.82. The molecule has 0 unspecified atom stereocenters. The lowest BCUT2D eigenvalue weighted by molar-refractivity contribution is -0.160. The highest BCUT2D eigenvalue weighted by molar-refractivity contribution is 7.18. The van der Waals surface area contributed by atoms with Gasteiger partial charge in [0.2, 0.25) is 0 Å². The highest BCUT2D eigenvalue weighted by Crippen LogP contribution is 2.41. The van der Waals surface area contributed by atoms with Crippen LogP contribution in [0.15, 0.2) is 24.3 Å². The zero-order chi connectivity index (χ0) is 19.4. The fraction of sp³-hybridized carbons (Fsp3) is 0.474.